The molecule has 0 bridgehead atoms. The van der Waals surface area contributed by atoms with Gasteiger partial charge in [0.25, 0.3) is 5.91 Å². The number of nitrogens with zero attached hydrogens (tertiary/aromatic N) is 2. The van der Waals surface area contributed by atoms with Crippen molar-refractivity contribution in [2.75, 3.05) is 50.9 Å². The molecule has 0 aliphatic carbocycles. The quantitative estimate of drug-likeness (QED) is 0.649. The molecular weight excluding hydrogens is 378 g/mol. The molecule has 9 nitrogen and oxygen atoms in total. The van der Waals surface area contributed by atoms with E-state index >= 15 is 0 Å². The van der Waals surface area contributed by atoms with E-state index in [0.29, 0.717) is 44.3 Å². The average molecular weight is 405 g/mol. The first-order valence-electron chi connectivity index (χ1n) is 9.78. The molecule has 2 fully saturated rings. The van der Waals surface area contributed by atoms with Crippen molar-refractivity contribution in [2.24, 2.45) is 5.92 Å². The maximum Gasteiger partial charge on any atom is 0.260 e. The van der Waals surface area contributed by atoms with Gasteiger partial charge in [0.15, 0.2) is 6.61 Å². The fourth-order valence-electron chi connectivity index (χ4n) is 3.30. The fraction of sp³-hybridized carbons (Fsp3) is 0.550. The highest BCUT2D eigenvalue weighted by molar-refractivity contribution is 6.00. The molecule has 1 aromatic rings. The predicted molar refractivity (Wildman–Crippen MR) is 104 cm³/mol. The van der Waals surface area contributed by atoms with Gasteiger partial charge in [-0.1, -0.05) is 0 Å². The van der Waals surface area contributed by atoms with Gasteiger partial charge in [0.1, 0.15) is 5.75 Å². The molecule has 2 atom stereocenters. The predicted octanol–water partition coefficient (Wildman–Crippen LogP) is -0.226. The molecule has 2 saturated heterocycles. The largest absolute Gasteiger partial charge is 0.484 e. The summed E-state index contributed by atoms with van der Waals surface area (Å²) in [4.78, 5) is 39.8. The highest BCUT2D eigenvalue weighted by Crippen LogP contribution is 2.27. The normalized spacial score (nSPS) is 20.5. The minimum Gasteiger partial charge on any atom is -0.484 e. The lowest BCUT2D eigenvalue weighted by atomic mass is 10.1. The number of aliphatic hydroxyl groups excluding tert-OH is 1. The van der Waals surface area contributed by atoms with Crippen LogP contribution < -0.4 is 15.0 Å². The third-order valence-electron chi connectivity index (χ3n) is 4.94. The van der Waals surface area contributed by atoms with Gasteiger partial charge in [0.05, 0.1) is 25.2 Å². The summed E-state index contributed by atoms with van der Waals surface area (Å²) in [5.41, 5.74) is 0.674. The van der Waals surface area contributed by atoms with E-state index in [1.54, 1.807) is 41.0 Å². The summed E-state index contributed by atoms with van der Waals surface area (Å²) in [6.45, 7) is 4.23. The first-order chi connectivity index (χ1) is 13.9. The van der Waals surface area contributed by atoms with Crippen molar-refractivity contribution in [1.29, 1.82) is 0 Å². The van der Waals surface area contributed by atoms with Gasteiger partial charge in [-0.05, 0) is 31.2 Å². The lowest BCUT2D eigenvalue weighted by Crippen LogP contribution is -2.42. The average Bonchev–Trinajstić information content (AvgIpc) is 3.13. The molecule has 9 heteroatoms. The van der Waals surface area contributed by atoms with E-state index in [-0.39, 0.29) is 37.3 Å². The van der Waals surface area contributed by atoms with E-state index in [9.17, 15) is 19.5 Å². The van der Waals surface area contributed by atoms with Crippen molar-refractivity contribution in [2.45, 2.75) is 19.4 Å². The van der Waals surface area contributed by atoms with Crippen molar-refractivity contribution in [3.63, 3.8) is 0 Å². The van der Waals surface area contributed by atoms with Gasteiger partial charge in [0, 0.05) is 38.3 Å². The van der Waals surface area contributed by atoms with Crippen molar-refractivity contribution < 1.29 is 29.0 Å². The molecule has 0 radical (unpaired) electrons. The summed E-state index contributed by atoms with van der Waals surface area (Å²) in [5, 5.41) is 11.9. The van der Waals surface area contributed by atoms with Crippen LogP contribution in [0.3, 0.4) is 0 Å². The van der Waals surface area contributed by atoms with Crippen LogP contribution in [-0.2, 0) is 19.1 Å². The summed E-state index contributed by atoms with van der Waals surface area (Å²) < 4.78 is 10.8. The number of ether oxygens (including phenoxy) is 2. The van der Waals surface area contributed by atoms with Gasteiger partial charge in [-0.3, -0.25) is 14.4 Å². The Kier molecular flexibility index (Phi) is 7.05. The molecule has 2 N–H and O–H groups in total. The van der Waals surface area contributed by atoms with Gasteiger partial charge in [-0.2, -0.15) is 0 Å². The first-order valence-corrected chi connectivity index (χ1v) is 9.78. The molecule has 0 unspecified atom stereocenters. The maximum atomic E-state index is 12.3. The van der Waals surface area contributed by atoms with Gasteiger partial charge < -0.3 is 29.7 Å². The summed E-state index contributed by atoms with van der Waals surface area (Å²) >= 11 is 0. The summed E-state index contributed by atoms with van der Waals surface area (Å²) in [6, 6.07) is 6.89. The van der Waals surface area contributed by atoms with E-state index in [4.69, 9.17) is 9.47 Å². The number of benzene rings is 1. The van der Waals surface area contributed by atoms with Gasteiger partial charge in [0.2, 0.25) is 11.8 Å². The summed E-state index contributed by atoms with van der Waals surface area (Å²) in [7, 11) is 0. The van der Waals surface area contributed by atoms with E-state index < -0.39 is 12.0 Å². The number of anilines is 1. The molecule has 0 saturated carbocycles. The fourth-order valence-corrected chi connectivity index (χ4v) is 3.30. The zero-order chi connectivity index (χ0) is 20.8. The molecule has 2 heterocycles. The second-order valence-corrected chi connectivity index (χ2v) is 7.28. The van der Waals surface area contributed by atoms with Crippen LogP contribution in [0.5, 0.6) is 5.75 Å². The van der Waals surface area contributed by atoms with Crippen LogP contribution in [0.2, 0.25) is 0 Å². The lowest BCUT2D eigenvalue weighted by molar-refractivity contribution is -0.137. The minimum absolute atomic E-state index is 0.0481. The second-order valence-electron chi connectivity index (χ2n) is 7.28. The summed E-state index contributed by atoms with van der Waals surface area (Å²) in [5.74, 6) is -0.351. The highest BCUT2D eigenvalue weighted by Gasteiger charge is 2.35. The molecule has 0 spiro atoms. The van der Waals surface area contributed by atoms with Gasteiger partial charge in [-0.15, -0.1) is 0 Å². The topological polar surface area (TPSA) is 108 Å². The van der Waals surface area contributed by atoms with Crippen molar-refractivity contribution in [1.82, 2.24) is 10.2 Å². The first kappa shape index (κ1) is 21.1. The molecule has 3 rings (SSSR count). The number of hydrogen-bond acceptors (Lipinski definition) is 6. The second kappa shape index (κ2) is 9.71. The van der Waals surface area contributed by atoms with Crippen LogP contribution >= 0.6 is 0 Å². The maximum absolute atomic E-state index is 12.3. The van der Waals surface area contributed by atoms with Gasteiger partial charge >= 0.3 is 0 Å². The number of carbonyl (C=O) groups is 3. The number of aliphatic hydroxyl groups is 1. The number of amides is 3. The Morgan fingerprint density at radius 3 is 2.62 bits per heavy atom. The molecule has 0 aromatic heterocycles. The monoisotopic (exact) mass is 405 g/mol. The highest BCUT2D eigenvalue weighted by atomic mass is 16.5. The van der Waals surface area contributed by atoms with Crippen LogP contribution in [0.25, 0.3) is 0 Å². The van der Waals surface area contributed by atoms with E-state index in [1.165, 1.54) is 0 Å². The summed E-state index contributed by atoms with van der Waals surface area (Å²) in [6.07, 6.45) is -0.493. The Balaban J connectivity index is 1.51. The van der Waals surface area contributed by atoms with Gasteiger partial charge in [-0.25, -0.2) is 0 Å². The minimum atomic E-state index is -0.630. The van der Waals surface area contributed by atoms with Crippen molar-refractivity contribution >= 4 is 23.4 Å². The number of morpholine rings is 1. The molecular formula is C20H27N3O6. The molecule has 2 aliphatic heterocycles. The van der Waals surface area contributed by atoms with Crippen LogP contribution in [-0.4, -0.2) is 79.8 Å². The van der Waals surface area contributed by atoms with E-state index in [2.05, 4.69) is 5.32 Å². The molecule has 29 heavy (non-hydrogen) atoms. The molecule has 3 amide bonds. The van der Waals surface area contributed by atoms with Crippen LogP contribution in [0.15, 0.2) is 24.3 Å². The number of rotatable bonds is 7. The third kappa shape index (κ3) is 5.68. The number of carbonyl (C=O) groups excluding carboxylic acids is 3. The molecule has 1 aromatic carbocycles. The molecule has 158 valence electrons. The smallest absolute Gasteiger partial charge is 0.260 e. The van der Waals surface area contributed by atoms with E-state index in [1.807, 2.05) is 0 Å². The van der Waals surface area contributed by atoms with Crippen LogP contribution in [0.4, 0.5) is 5.69 Å². The Hall–Kier alpha value is -2.65. The third-order valence-corrected chi connectivity index (χ3v) is 4.94. The Morgan fingerprint density at radius 2 is 1.97 bits per heavy atom. The van der Waals surface area contributed by atoms with Crippen LogP contribution in [0.1, 0.15) is 13.3 Å². The van der Waals surface area contributed by atoms with Crippen molar-refractivity contribution in [3.8, 4) is 5.75 Å². The zero-order valence-electron chi connectivity index (χ0n) is 16.5. The van der Waals surface area contributed by atoms with Crippen molar-refractivity contribution in [3.05, 3.63) is 24.3 Å². The molecule has 2 aliphatic rings. The number of nitrogens with one attached hydrogen (secondary N) is 1. The Labute approximate surface area is 169 Å². The van der Waals surface area contributed by atoms with Crippen LogP contribution in [0, 0.1) is 5.92 Å². The Morgan fingerprint density at radius 1 is 1.28 bits per heavy atom. The SMILES string of the molecule is C[C@@H](O)CNC(=O)[C@@H]1CC(=O)N(c2ccc(OCC(=O)N3CCOCC3)cc2)C1. The van der Waals surface area contributed by atoms with E-state index in [0.717, 1.165) is 0 Å². The number of hydrogen-bond donors (Lipinski definition) is 2. The lowest BCUT2D eigenvalue weighted by Gasteiger charge is -2.26. The standard InChI is InChI=1S/C20H27N3O6/c1-14(24)11-21-20(27)15-10-18(25)23(12-15)16-2-4-17(5-3-16)29-13-19(26)22-6-8-28-9-7-22/h2-5,14-15,24H,6-13H2,1H3,(H,21,27)/t14-,15-/m1/s1. The Bertz CT molecular complexity index is 730. The zero-order valence-corrected chi connectivity index (χ0v) is 16.5.